The molecule has 0 aliphatic heterocycles. The molecule has 0 saturated carbocycles. The molecule has 0 fully saturated rings. The van der Waals surface area contributed by atoms with Gasteiger partial charge in [0.1, 0.15) is 12.4 Å². The molecular weight excluding hydrogens is 404 g/mol. The fourth-order valence-electron chi connectivity index (χ4n) is 3.29. The highest BCUT2D eigenvalue weighted by Gasteiger charge is 2.19. The molecule has 0 saturated heterocycles. The quantitative estimate of drug-likeness (QED) is 0.520. The fraction of sp³-hybridized carbons (Fsp3) is 0.320. The van der Waals surface area contributed by atoms with Crippen molar-refractivity contribution in [1.82, 2.24) is 15.1 Å². The zero-order valence-electron chi connectivity index (χ0n) is 19.1. The van der Waals surface area contributed by atoms with Crippen LogP contribution in [0.25, 0.3) is 0 Å². The fourth-order valence-corrected chi connectivity index (χ4v) is 3.29. The minimum Gasteiger partial charge on any atom is -0.488 e. The zero-order valence-corrected chi connectivity index (χ0v) is 19.1. The van der Waals surface area contributed by atoms with E-state index in [1.54, 1.807) is 23.0 Å². The maximum absolute atomic E-state index is 12.8. The number of aromatic nitrogens is 2. The van der Waals surface area contributed by atoms with Crippen LogP contribution < -0.4 is 15.4 Å². The minimum atomic E-state index is -0.299. The molecular formula is C25H30N4O3. The Bertz CT molecular complexity index is 1070. The van der Waals surface area contributed by atoms with Crippen molar-refractivity contribution >= 4 is 17.5 Å². The molecule has 7 nitrogen and oxygen atoms in total. The number of aryl methyl sites for hydroxylation is 3. The van der Waals surface area contributed by atoms with Crippen molar-refractivity contribution in [3.8, 4) is 5.75 Å². The molecule has 2 N–H and O–H groups in total. The van der Waals surface area contributed by atoms with E-state index in [2.05, 4.69) is 15.7 Å². The van der Waals surface area contributed by atoms with Gasteiger partial charge in [-0.05, 0) is 56.0 Å². The lowest BCUT2D eigenvalue weighted by Crippen LogP contribution is -2.26. The lowest BCUT2D eigenvalue weighted by Gasteiger charge is -2.12. The summed E-state index contributed by atoms with van der Waals surface area (Å²) in [4.78, 5) is 25.2. The normalized spacial score (nSPS) is 10.6. The van der Waals surface area contributed by atoms with Crippen molar-refractivity contribution in [2.24, 2.45) is 0 Å². The van der Waals surface area contributed by atoms with E-state index in [0.29, 0.717) is 30.9 Å². The molecule has 3 rings (SSSR count). The summed E-state index contributed by atoms with van der Waals surface area (Å²) in [7, 11) is 0. The van der Waals surface area contributed by atoms with Gasteiger partial charge in [0.15, 0.2) is 5.69 Å². The van der Waals surface area contributed by atoms with Crippen molar-refractivity contribution in [2.75, 3.05) is 11.9 Å². The first-order valence-electron chi connectivity index (χ1n) is 10.9. The molecule has 0 aliphatic rings. The summed E-state index contributed by atoms with van der Waals surface area (Å²) in [5.41, 5.74) is 4.24. The molecule has 168 valence electrons. The predicted molar refractivity (Wildman–Crippen MR) is 125 cm³/mol. The molecule has 1 heterocycles. The Hall–Kier alpha value is -3.61. The van der Waals surface area contributed by atoms with Crippen molar-refractivity contribution < 1.29 is 14.3 Å². The summed E-state index contributed by atoms with van der Waals surface area (Å²) >= 11 is 0. The number of carbonyl (C=O) groups is 2. The average Bonchev–Trinajstić information content (AvgIpc) is 3.20. The van der Waals surface area contributed by atoms with Crippen molar-refractivity contribution in [3.05, 3.63) is 76.6 Å². The van der Waals surface area contributed by atoms with E-state index in [4.69, 9.17) is 4.74 Å². The third-order valence-electron chi connectivity index (χ3n) is 5.09. The summed E-state index contributed by atoms with van der Waals surface area (Å²) in [5.74, 6) is 0.289. The van der Waals surface area contributed by atoms with Gasteiger partial charge in [-0.25, -0.2) is 0 Å². The van der Waals surface area contributed by atoms with Gasteiger partial charge in [-0.15, -0.1) is 0 Å². The maximum atomic E-state index is 12.8. The highest BCUT2D eigenvalue weighted by molar-refractivity contribution is 6.08. The summed E-state index contributed by atoms with van der Waals surface area (Å²) in [5, 5.41) is 9.90. The Morgan fingerprint density at radius 2 is 1.69 bits per heavy atom. The second-order valence-corrected chi connectivity index (χ2v) is 7.66. The lowest BCUT2D eigenvalue weighted by atomic mass is 10.1. The van der Waals surface area contributed by atoms with Gasteiger partial charge in [0.05, 0.1) is 5.69 Å². The number of carbonyl (C=O) groups excluding carboxylic acids is 2. The Morgan fingerprint density at radius 1 is 1.00 bits per heavy atom. The number of amides is 2. The van der Waals surface area contributed by atoms with Gasteiger partial charge in [-0.2, -0.15) is 5.10 Å². The first kappa shape index (κ1) is 23.1. The molecule has 32 heavy (non-hydrogen) atoms. The number of para-hydroxylation sites is 1. The highest BCUT2D eigenvalue weighted by Crippen LogP contribution is 2.23. The van der Waals surface area contributed by atoms with Crippen LogP contribution in [0.1, 0.15) is 57.8 Å². The molecule has 0 radical (unpaired) electrons. The van der Waals surface area contributed by atoms with Gasteiger partial charge in [-0.1, -0.05) is 37.3 Å². The van der Waals surface area contributed by atoms with E-state index in [9.17, 15) is 9.59 Å². The number of benzene rings is 2. The van der Waals surface area contributed by atoms with Crippen LogP contribution in [0, 0.1) is 13.8 Å². The van der Waals surface area contributed by atoms with Crippen LogP contribution in [0.2, 0.25) is 0 Å². The van der Waals surface area contributed by atoms with Gasteiger partial charge in [0.25, 0.3) is 11.8 Å². The van der Waals surface area contributed by atoms with Crippen LogP contribution in [0.4, 0.5) is 5.69 Å². The van der Waals surface area contributed by atoms with E-state index in [1.807, 2.05) is 58.0 Å². The predicted octanol–water partition coefficient (Wildman–Crippen LogP) is 4.49. The van der Waals surface area contributed by atoms with Crippen LogP contribution in [-0.2, 0) is 13.2 Å². The van der Waals surface area contributed by atoms with E-state index >= 15 is 0 Å². The molecule has 7 heteroatoms. The van der Waals surface area contributed by atoms with Crippen LogP contribution in [0.5, 0.6) is 5.75 Å². The van der Waals surface area contributed by atoms with Gasteiger partial charge in [0, 0.05) is 24.8 Å². The molecule has 0 unspecified atom stereocenters. The van der Waals surface area contributed by atoms with Crippen LogP contribution in [-0.4, -0.2) is 28.1 Å². The van der Waals surface area contributed by atoms with E-state index in [-0.39, 0.29) is 17.5 Å². The Labute approximate surface area is 188 Å². The largest absolute Gasteiger partial charge is 0.488 e. The Morgan fingerprint density at radius 3 is 2.31 bits per heavy atom. The average molecular weight is 435 g/mol. The lowest BCUT2D eigenvalue weighted by molar-refractivity contribution is 0.0948. The van der Waals surface area contributed by atoms with Crippen LogP contribution >= 0.6 is 0 Å². The number of ether oxygens (including phenoxy) is 1. The molecule has 3 aromatic rings. The summed E-state index contributed by atoms with van der Waals surface area (Å²) < 4.78 is 7.61. The van der Waals surface area contributed by atoms with Crippen LogP contribution in [0.3, 0.4) is 0 Å². The highest BCUT2D eigenvalue weighted by atomic mass is 16.5. The number of nitrogens with one attached hydrogen (secondary N) is 2. The number of hydrogen-bond donors (Lipinski definition) is 2. The van der Waals surface area contributed by atoms with Gasteiger partial charge in [0.2, 0.25) is 0 Å². The number of anilines is 1. The van der Waals surface area contributed by atoms with Gasteiger partial charge < -0.3 is 15.4 Å². The first-order valence-corrected chi connectivity index (χ1v) is 10.9. The van der Waals surface area contributed by atoms with Crippen LogP contribution in [0.15, 0.2) is 48.7 Å². The number of rotatable bonds is 9. The number of hydrogen-bond acceptors (Lipinski definition) is 4. The topological polar surface area (TPSA) is 85.3 Å². The van der Waals surface area contributed by atoms with Crippen molar-refractivity contribution in [3.63, 3.8) is 0 Å². The standard InChI is InChI=1S/C25H30N4O3/c1-5-14-26-25(31)22-21(15-29(6-2)28-22)27-24(30)20-12-10-19(11-13-20)16-32-23-17(3)8-7-9-18(23)4/h7-13,15H,5-6,14,16H2,1-4H3,(H,26,31)(H,27,30). The van der Waals surface area contributed by atoms with E-state index < -0.39 is 0 Å². The van der Waals surface area contributed by atoms with Gasteiger partial charge >= 0.3 is 0 Å². The Kier molecular flexibility index (Phi) is 7.65. The third-order valence-corrected chi connectivity index (χ3v) is 5.09. The molecule has 1 aromatic heterocycles. The smallest absolute Gasteiger partial charge is 0.273 e. The molecule has 0 aliphatic carbocycles. The van der Waals surface area contributed by atoms with Crippen molar-refractivity contribution in [2.45, 2.75) is 47.3 Å². The van der Waals surface area contributed by atoms with Gasteiger partial charge in [-0.3, -0.25) is 14.3 Å². The molecule has 0 bridgehead atoms. The number of nitrogens with zero attached hydrogens (tertiary/aromatic N) is 2. The van der Waals surface area contributed by atoms with E-state index in [0.717, 1.165) is 28.9 Å². The SMILES string of the molecule is CCCNC(=O)c1nn(CC)cc1NC(=O)c1ccc(COc2c(C)cccc2C)cc1. The monoisotopic (exact) mass is 434 g/mol. The maximum Gasteiger partial charge on any atom is 0.273 e. The minimum absolute atomic E-state index is 0.215. The summed E-state index contributed by atoms with van der Waals surface area (Å²) in [6.45, 7) is 9.50. The zero-order chi connectivity index (χ0) is 23.1. The van der Waals surface area contributed by atoms with Crippen molar-refractivity contribution in [1.29, 1.82) is 0 Å². The molecule has 2 amide bonds. The third kappa shape index (κ3) is 5.55. The summed E-state index contributed by atoms with van der Waals surface area (Å²) in [6, 6.07) is 13.3. The van der Waals surface area contributed by atoms with E-state index in [1.165, 1.54) is 0 Å². The molecule has 0 spiro atoms. The molecule has 2 aromatic carbocycles. The Balaban J connectivity index is 1.67. The second kappa shape index (κ2) is 10.6. The second-order valence-electron chi connectivity index (χ2n) is 7.66. The summed E-state index contributed by atoms with van der Waals surface area (Å²) in [6.07, 6.45) is 2.49. The molecule has 0 atom stereocenters. The first-order chi connectivity index (χ1) is 15.4.